The minimum atomic E-state index is 0.412. The normalized spacial score (nSPS) is 12.3. The monoisotopic (exact) mass is 335 g/mol. The van der Waals surface area contributed by atoms with Crippen LogP contribution in [0.1, 0.15) is 26.7 Å². The van der Waals surface area contributed by atoms with Crippen molar-refractivity contribution in [2.24, 2.45) is 0 Å². The molecule has 1 aromatic rings. The Hall–Kier alpha value is -0.320. The molecular formula is C14H23Cl2N3S. The minimum absolute atomic E-state index is 0.412. The van der Waals surface area contributed by atoms with Crippen LogP contribution in [0.4, 0.5) is 11.6 Å². The van der Waals surface area contributed by atoms with Gasteiger partial charge < -0.3 is 10.2 Å². The van der Waals surface area contributed by atoms with Crippen molar-refractivity contribution in [3.63, 3.8) is 0 Å². The average molecular weight is 336 g/mol. The average Bonchev–Trinajstić information content (AvgIpc) is 2.43. The van der Waals surface area contributed by atoms with Crippen molar-refractivity contribution < 1.29 is 0 Å². The number of nitrogens with zero attached hydrogens (tertiary/aromatic N) is 2. The van der Waals surface area contributed by atoms with E-state index in [1.165, 1.54) is 0 Å². The molecule has 0 aromatic carbocycles. The van der Waals surface area contributed by atoms with E-state index in [1.807, 2.05) is 18.8 Å². The molecule has 1 heterocycles. The van der Waals surface area contributed by atoms with Crippen molar-refractivity contribution in [3.8, 4) is 0 Å². The molecule has 1 N–H and O–H groups in total. The lowest BCUT2D eigenvalue weighted by Gasteiger charge is -2.29. The molecule has 0 aliphatic heterocycles. The molecule has 6 heteroatoms. The second-order valence-electron chi connectivity index (χ2n) is 4.68. The SMILES string of the molecule is CCCNc1nc(N(C)C(CC)CSC)c(Cl)cc1Cl. The van der Waals surface area contributed by atoms with Crippen LogP contribution in [-0.2, 0) is 0 Å². The molecule has 1 aromatic heterocycles. The first-order valence-electron chi connectivity index (χ1n) is 6.86. The van der Waals surface area contributed by atoms with Gasteiger partial charge in [0.15, 0.2) is 0 Å². The third-order valence-corrected chi connectivity index (χ3v) is 4.45. The number of hydrogen-bond donors (Lipinski definition) is 1. The first-order chi connectivity index (χ1) is 9.54. The van der Waals surface area contributed by atoms with Crippen LogP contribution in [0.15, 0.2) is 6.07 Å². The summed E-state index contributed by atoms with van der Waals surface area (Å²) in [5, 5.41) is 4.40. The molecule has 0 radical (unpaired) electrons. The molecule has 1 rings (SSSR count). The van der Waals surface area contributed by atoms with Crippen LogP contribution >= 0.6 is 35.0 Å². The Kier molecular flexibility index (Phi) is 7.85. The Morgan fingerprint density at radius 1 is 1.35 bits per heavy atom. The number of aromatic nitrogens is 1. The van der Waals surface area contributed by atoms with E-state index in [0.717, 1.165) is 31.0 Å². The van der Waals surface area contributed by atoms with Crippen LogP contribution in [0, 0.1) is 0 Å². The van der Waals surface area contributed by atoms with Crippen LogP contribution in [0.5, 0.6) is 0 Å². The lowest BCUT2D eigenvalue weighted by atomic mass is 10.2. The van der Waals surface area contributed by atoms with Gasteiger partial charge in [-0.25, -0.2) is 4.98 Å². The van der Waals surface area contributed by atoms with Crippen molar-refractivity contribution >= 4 is 46.6 Å². The zero-order valence-corrected chi connectivity index (χ0v) is 14.9. The molecule has 0 saturated carbocycles. The van der Waals surface area contributed by atoms with Gasteiger partial charge in [0, 0.05) is 25.4 Å². The fraction of sp³-hybridized carbons (Fsp3) is 0.643. The van der Waals surface area contributed by atoms with E-state index in [9.17, 15) is 0 Å². The summed E-state index contributed by atoms with van der Waals surface area (Å²) in [5.74, 6) is 2.54. The quantitative estimate of drug-likeness (QED) is 0.739. The molecule has 0 aliphatic rings. The molecule has 114 valence electrons. The maximum Gasteiger partial charge on any atom is 0.149 e. The van der Waals surface area contributed by atoms with E-state index in [1.54, 1.807) is 6.07 Å². The molecule has 1 atom stereocenters. The molecule has 0 amide bonds. The van der Waals surface area contributed by atoms with E-state index >= 15 is 0 Å². The largest absolute Gasteiger partial charge is 0.369 e. The highest BCUT2D eigenvalue weighted by Crippen LogP contribution is 2.32. The Morgan fingerprint density at radius 2 is 2.05 bits per heavy atom. The summed E-state index contributed by atoms with van der Waals surface area (Å²) >= 11 is 14.3. The van der Waals surface area contributed by atoms with Gasteiger partial charge in [0.2, 0.25) is 0 Å². The van der Waals surface area contributed by atoms with Crippen LogP contribution in [0.2, 0.25) is 10.0 Å². The molecular weight excluding hydrogens is 313 g/mol. The summed E-state index contributed by atoms with van der Waals surface area (Å²) in [7, 11) is 2.04. The topological polar surface area (TPSA) is 28.2 Å². The fourth-order valence-electron chi connectivity index (χ4n) is 1.94. The highest BCUT2D eigenvalue weighted by atomic mass is 35.5. The Bertz CT molecular complexity index is 429. The zero-order valence-electron chi connectivity index (χ0n) is 12.5. The van der Waals surface area contributed by atoms with Gasteiger partial charge in [-0.2, -0.15) is 11.8 Å². The number of halogens is 2. The van der Waals surface area contributed by atoms with Crippen molar-refractivity contribution in [1.29, 1.82) is 0 Å². The van der Waals surface area contributed by atoms with E-state index in [2.05, 4.69) is 35.3 Å². The van der Waals surface area contributed by atoms with Crippen molar-refractivity contribution in [2.75, 3.05) is 35.8 Å². The maximum absolute atomic E-state index is 6.31. The van der Waals surface area contributed by atoms with Crippen molar-refractivity contribution in [2.45, 2.75) is 32.7 Å². The Morgan fingerprint density at radius 3 is 2.60 bits per heavy atom. The van der Waals surface area contributed by atoms with Gasteiger partial charge in [-0.3, -0.25) is 0 Å². The number of thioether (sulfide) groups is 1. The number of rotatable bonds is 8. The van der Waals surface area contributed by atoms with Gasteiger partial charge in [0.05, 0.1) is 10.0 Å². The van der Waals surface area contributed by atoms with Crippen molar-refractivity contribution in [1.82, 2.24) is 4.98 Å². The van der Waals surface area contributed by atoms with Crippen LogP contribution in [0.3, 0.4) is 0 Å². The lowest BCUT2D eigenvalue weighted by molar-refractivity contribution is 0.666. The predicted octanol–water partition coefficient (Wildman–Crippen LogP) is 4.79. The summed E-state index contributed by atoms with van der Waals surface area (Å²) in [4.78, 5) is 6.75. The minimum Gasteiger partial charge on any atom is -0.369 e. The number of anilines is 2. The standard InChI is InChI=1S/C14H23Cl2N3S/c1-5-7-17-13-11(15)8-12(16)14(18-13)19(3)10(6-2)9-20-4/h8,10H,5-7,9H2,1-4H3,(H,17,18). The number of hydrogen-bond acceptors (Lipinski definition) is 4. The van der Waals surface area contributed by atoms with Gasteiger partial charge in [0.25, 0.3) is 0 Å². The molecule has 0 saturated heterocycles. The summed E-state index contributed by atoms with van der Waals surface area (Å²) in [6.45, 7) is 5.13. The third-order valence-electron chi connectivity index (χ3n) is 3.17. The molecule has 0 fully saturated rings. The molecule has 20 heavy (non-hydrogen) atoms. The van der Waals surface area contributed by atoms with E-state index < -0.39 is 0 Å². The summed E-state index contributed by atoms with van der Waals surface area (Å²) < 4.78 is 0. The van der Waals surface area contributed by atoms with E-state index in [-0.39, 0.29) is 0 Å². The predicted molar refractivity (Wildman–Crippen MR) is 93.9 cm³/mol. The number of nitrogens with one attached hydrogen (secondary N) is 1. The maximum atomic E-state index is 6.31. The fourth-order valence-corrected chi connectivity index (χ4v) is 3.34. The first kappa shape index (κ1) is 17.7. The molecule has 0 aliphatic carbocycles. The molecule has 1 unspecified atom stereocenters. The Balaban J connectivity index is 3.03. The first-order valence-corrected chi connectivity index (χ1v) is 9.01. The van der Waals surface area contributed by atoms with Crippen LogP contribution in [-0.4, -0.2) is 36.6 Å². The summed E-state index contributed by atoms with van der Waals surface area (Å²) in [6.07, 6.45) is 4.19. The van der Waals surface area contributed by atoms with Gasteiger partial charge in [-0.15, -0.1) is 0 Å². The highest BCUT2D eigenvalue weighted by Gasteiger charge is 2.18. The second-order valence-corrected chi connectivity index (χ2v) is 6.40. The zero-order chi connectivity index (χ0) is 15.1. The second kappa shape index (κ2) is 8.85. The lowest BCUT2D eigenvalue weighted by Crippen LogP contribution is -2.34. The van der Waals surface area contributed by atoms with Crippen molar-refractivity contribution in [3.05, 3.63) is 16.1 Å². The molecule has 3 nitrogen and oxygen atoms in total. The highest BCUT2D eigenvalue weighted by molar-refractivity contribution is 7.98. The third kappa shape index (κ3) is 4.61. The molecule has 0 bridgehead atoms. The van der Waals surface area contributed by atoms with Gasteiger partial charge >= 0.3 is 0 Å². The smallest absolute Gasteiger partial charge is 0.149 e. The molecule has 0 spiro atoms. The summed E-state index contributed by atoms with van der Waals surface area (Å²) in [6, 6.07) is 2.18. The summed E-state index contributed by atoms with van der Waals surface area (Å²) in [5.41, 5.74) is 0. The van der Waals surface area contributed by atoms with Crippen LogP contribution < -0.4 is 10.2 Å². The number of pyridine rings is 1. The van der Waals surface area contributed by atoms with Gasteiger partial charge in [-0.05, 0) is 25.2 Å². The van der Waals surface area contributed by atoms with Crippen LogP contribution in [0.25, 0.3) is 0 Å². The van der Waals surface area contributed by atoms with Gasteiger partial charge in [0.1, 0.15) is 11.6 Å². The van der Waals surface area contributed by atoms with Gasteiger partial charge in [-0.1, -0.05) is 37.0 Å². The Labute approximate surface area is 136 Å². The van der Waals surface area contributed by atoms with E-state index in [0.29, 0.717) is 21.9 Å². The van der Waals surface area contributed by atoms with E-state index in [4.69, 9.17) is 23.2 Å².